The molecule has 3 rings (SSSR count). The SMILES string of the molecule is CN=C(NCc1ccc(C)cc1OCC1CCOC1)NCC1CCCN1C.I. The molecule has 2 aliphatic heterocycles. The molecule has 0 saturated carbocycles. The maximum atomic E-state index is 6.14. The molecule has 0 radical (unpaired) electrons. The van der Waals surface area contributed by atoms with Crippen molar-refractivity contribution in [3.05, 3.63) is 29.3 Å². The van der Waals surface area contributed by atoms with Crippen LogP contribution in [0.25, 0.3) is 0 Å². The van der Waals surface area contributed by atoms with Crippen molar-refractivity contribution in [2.75, 3.05) is 47.0 Å². The van der Waals surface area contributed by atoms with Crippen LogP contribution in [0.1, 0.15) is 30.4 Å². The molecule has 0 aliphatic carbocycles. The van der Waals surface area contributed by atoms with Crippen molar-refractivity contribution in [3.63, 3.8) is 0 Å². The zero-order chi connectivity index (χ0) is 19.1. The maximum Gasteiger partial charge on any atom is 0.191 e. The molecule has 1 aromatic carbocycles. The third-order valence-electron chi connectivity index (χ3n) is 5.57. The number of likely N-dealkylation sites (N-methyl/N-ethyl adjacent to an activating group) is 1. The van der Waals surface area contributed by atoms with Crippen LogP contribution in [-0.4, -0.2) is 63.9 Å². The first-order valence-electron chi connectivity index (χ1n) is 10.1. The first-order valence-corrected chi connectivity index (χ1v) is 10.1. The fourth-order valence-corrected chi connectivity index (χ4v) is 3.72. The van der Waals surface area contributed by atoms with E-state index in [0.29, 0.717) is 18.5 Å². The van der Waals surface area contributed by atoms with Crippen LogP contribution in [0.15, 0.2) is 23.2 Å². The lowest BCUT2D eigenvalue weighted by Crippen LogP contribution is -2.43. The number of halogens is 1. The lowest BCUT2D eigenvalue weighted by atomic mass is 10.1. The molecule has 2 fully saturated rings. The van der Waals surface area contributed by atoms with E-state index < -0.39 is 0 Å². The van der Waals surface area contributed by atoms with E-state index in [0.717, 1.165) is 50.1 Å². The first-order chi connectivity index (χ1) is 13.2. The first kappa shape index (κ1) is 23.2. The van der Waals surface area contributed by atoms with E-state index in [1.807, 2.05) is 7.05 Å². The molecule has 1 aromatic rings. The van der Waals surface area contributed by atoms with Crippen molar-refractivity contribution in [1.29, 1.82) is 0 Å². The number of hydrogen-bond acceptors (Lipinski definition) is 4. The quantitative estimate of drug-likeness (QED) is 0.341. The third-order valence-corrected chi connectivity index (χ3v) is 5.57. The van der Waals surface area contributed by atoms with Gasteiger partial charge in [-0.25, -0.2) is 0 Å². The highest BCUT2D eigenvalue weighted by Crippen LogP contribution is 2.22. The van der Waals surface area contributed by atoms with Gasteiger partial charge in [-0.2, -0.15) is 0 Å². The van der Waals surface area contributed by atoms with E-state index in [2.05, 4.69) is 52.7 Å². The Balaban J connectivity index is 0.00000280. The van der Waals surface area contributed by atoms with Gasteiger partial charge in [-0.3, -0.25) is 4.99 Å². The predicted molar refractivity (Wildman–Crippen MR) is 125 cm³/mol. The molecule has 0 spiro atoms. The van der Waals surface area contributed by atoms with Gasteiger partial charge in [0.1, 0.15) is 5.75 Å². The second kappa shape index (κ2) is 11.8. The van der Waals surface area contributed by atoms with Crippen molar-refractivity contribution in [2.24, 2.45) is 10.9 Å². The highest BCUT2D eigenvalue weighted by atomic mass is 127. The number of aliphatic imine (C=N–C) groups is 1. The lowest BCUT2D eigenvalue weighted by molar-refractivity contribution is 0.166. The molecule has 2 aliphatic rings. The van der Waals surface area contributed by atoms with Gasteiger partial charge in [0.25, 0.3) is 0 Å². The van der Waals surface area contributed by atoms with Crippen LogP contribution in [0.2, 0.25) is 0 Å². The third kappa shape index (κ3) is 6.77. The summed E-state index contributed by atoms with van der Waals surface area (Å²) in [5.41, 5.74) is 2.36. The van der Waals surface area contributed by atoms with Crippen molar-refractivity contribution < 1.29 is 9.47 Å². The number of nitrogens with zero attached hydrogens (tertiary/aromatic N) is 2. The molecule has 2 atom stereocenters. The van der Waals surface area contributed by atoms with Crippen LogP contribution < -0.4 is 15.4 Å². The molecule has 2 saturated heterocycles. The molecule has 0 aromatic heterocycles. The Kier molecular flexibility index (Phi) is 9.81. The van der Waals surface area contributed by atoms with Crippen LogP contribution in [0.3, 0.4) is 0 Å². The van der Waals surface area contributed by atoms with Gasteiger partial charge in [-0.05, 0) is 51.4 Å². The number of ether oxygens (including phenoxy) is 2. The summed E-state index contributed by atoms with van der Waals surface area (Å²) in [6.07, 6.45) is 3.62. The predicted octanol–water partition coefficient (Wildman–Crippen LogP) is 2.79. The zero-order valence-electron chi connectivity index (χ0n) is 17.4. The van der Waals surface area contributed by atoms with Gasteiger partial charge in [0, 0.05) is 44.3 Å². The number of hydrogen-bond donors (Lipinski definition) is 2. The Labute approximate surface area is 186 Å². The van der Waals surface area contributed by atoms with Gasteiger partial charge in [0.05, 0.1) is 13.2 Å². The summed E-state index contributed by atoms with van der Waals surface area (Å²) >= 11 is 0. The Morgan fingerprint density at radius 3 is 2.86 bits per heavy atom. The summed E-state index contributed by atoms with van der Waals surface area (Å²) < 4.78 is 11.6. The van der Waals surface area contributed by atoms with E-state index >= 15 is 0 Å². The molecule has 2 unspecified atom stereocenters. The van der Waals surface area contributed by atoms with Crippen LogP contribution in [0, 0.1) is 12.8 Å². The Morgan fingerprint density at radius 1 is 1.32 bits per heavy atom. The van der Waals surface area contributed by atoms with Gasteiger partial charge in [0.2, 0.25) is 0 Å². The van der Waals surface area contributed by atoms with Crippen LogP contribution in [0.4, 0.5) is 0 Å². The van der Waals surface area contributed by atoms with Gasteiger partial charge in [-0.1, -0.05) is 12.1 Å². The van der Waals surface area contributed by atoms with E-state index in [-0.39, 0.29) is 24.0 Å². The van der Waals surface area contributed by atoms with Gasteiger partial charge >= 0.3 is 0 Å². The fraction of sp³-hybridized carbons (Fsp3) is 0.667. The molecule has 6 nitrogen and oxygen atoms in total. The summed E-state index contributed by atoms with van der Waals surface area (Å²) in [6.45, 7) is 7.29. The summed E-state index contributed by atoms with van der Waals surface area (Å²) in [5.74, 6) is 2.30. The number of aryl methyl sites for hydroxylation is 1. The molecule has 2 heterocycles. The molecule has 0 bridgehead atoms. The number of nitrogens with one attached hydrogen (secondary N) is 2. The summed E-state index contributed by atoms with van der Waals surface area (Å²) in [4.78, 5) is 6.78. The average molecular weight is 502 g/mol. The standard InChI is InChI=1S/C21H34N4O2.HI/c1-16-6-7-18(20(11-16)27-15-17-8-10-26-14-17)12-23-21(22-2)24-13-19-5-4-9-25(19)3;/h6-7,11,17,19H,4-5,8-10,12-15H2,1-3H3,(H2,22,23,24);1H. The highest BCUT2D eigenvalue weighted by molar-refractivity contribution is 14.0. The molecule has 158 valence electrons. The largest absolute Gasteiger partial charge is 0.493 e. The summed E-state index contributed by atoms with van der Waals surface area (Å²) in [7, 11) is 4.02. The number of guanidine groups is 1. The Morgan fingerprint density at radius 2 is 2.18 bits per heavy atom. The minimum absolute atomic E-state index is 0. The summed E-state index contributed by atoms with van der Waals surface area (Å²) in [5, 5.41) is 6.89. The van der Waals surface area contributed by atoms with Crippen LogP contribution >= 0.6 is 24.0 Å². The monoisotopic (exact) mass is 502 g/mol. The molecule has 28 heavy (non-hydrogen) atoms. The molecule has 2 N–H and O–H groups in total. The number of likely N-dealkylation sites (tertiary alicyclic amines) is 1. The number of benzene rings is 1. The molecule has 7 heteroatoms. The fourth-order valence-electron chi connectivity index (χ4n) is 3.72. The highest BCUT2D eigenvalue weighted by Gasteiger charge is 2.21. The van der Waals surface area contributed by atoms with Crippen molar-refractivity contribution in [1.82, 2.24) is 15.5 Å². The molecular weight excluding hydrogens is 467 g/mol. The normalized spacial score (nSPS) is 22.8. The van der Waals surface area contributed by atoms with E-state index in [1.165, 1.54) is 24.9 Å². The van der Waals surface area contributed by atoms with E-state index in [4.69, 9.17) is 9.47 Å². The van der Waals surface area contributed by atoms with Crippen molar-refractivity contribution >= 4 is 29.9 Å². The van der Waals surface area contributed by atoms with E-state index in [9.17, 15) is 0 Å². The number of rotatable bonds is 7. The molecular formula is C21H35IN4O2. The smallest absolute Gasteiger partial charge is 0.191 e. The average Bonchev–Trinajstić information content (AvgIpc) is 3.33. The van der Waals surface area contributed by atoms with Crippen LogP contribution in [0.5, 0.6) is 5.75 Å². The Bertz CT molecular complexity index is 635. The van der Waals surface area contributed by atoms with Crippen LogP contribution in [-0.2, 0) is 11.3 Å². The van der Waals surface area contributed by atoms with Gasteiger partial charge in [-0.15, -0.1) is 24.0 Å². The zero-order valence-corrected chi connectivity index (χ0v) is 19.7. The Hall–Kier alpha value is -1.06. The topological polar surface area (TPSA) is 58.1 Å². The maximum absolute atomic E-state index is 6.14. The second-order valence-corrected chi connectivity index (χ2v) is 7.74. The van der Waals surface area contributed by atoms with E-state index in [1.54, 1.807) is 0 Å². The summed E-state index contributed by atoms with van der Waals surface area (Å²) in [6, 6.07) is 6.99. The minimum atomic E-state index is 0. The van der Waals surface area contributed by atoms with Crippen molar-refractivity contribution in [2.45, 2.75) is 38.8 Å². The van der Waals surface area contributed by atoms with Gasteiger partial charge < -0.3 is 25.0 Å². The van der Waals surface area contributed by atoms with Crippen molar-refractivity contribution in [3.8, 4) is 5.75 Å². The minimum Gasteiger partial charge on any atom is -0.493 e. The lowest BCUT2D eigenvalue weighted by Gasteiger charge is -2.21. The second-order valence-electron chi connectivity index (χ2n) is 7.74. The molecule has 0 amide bonds. The van der Waals surface area contributed by atoms with Gasteiger partial charge in [0.15, 0.2) is 5.96 Å².